The third-order valence-corrected chi connectivity index (χ3v) is 4.19. The van der Waals surface area contributed by atoms with Crippen LogP contribution < -0.4 is 15.4 Å². The third-order valence-electron chi connectivity index (χ3n) is 4.19. The van der Waals surface area contributed by atoms with E-state index >= 15 is 0 Å². The van der Waals surface area contributed by atoms with Crippen molar-refractivity contribution in [2.75, 3.05) is 33.4 Å². The van der Waals surface area contributed by atoms with Crippen molar-refractivity contribution >= 4 is 29.9 Å². The Bertz CT molecular complexity index is 521. The van der Waals surface area contributed by atoms with Gasteiger partial charge in [0.25, 0.3) is 0 Å². The van der Waals surface area contributed by atoms with Gasteiger partial charge >= 0.3 is 0 Å². The number of aliphatic hydroxyl groups is 1. The maximum atomic E-state index is 10.0. The lowest BCUT2D eigenvalue weighted by molar-refractivity contribution is 0.145. The molecule has 1 atom stereocenters. The number of nitrogens with one attached hydrogen (secondary N) is 2. The van der Waals surface area contributed by atoms with E-state index in [1.807, 2.05) is 31.2 Å². The quantitative estimate of drug-likeness (QED) is 0.198. The molecular formula is C19H32IN3O3. The number of hydrogen-bond acceptors (Lipinski definition) is 4. The van der Waals surface area contributed by atoms with E-state index < -0.39 is 0 Å². The summed E-state index contributed by atoms with van der Waals surface area (Å²) < 4.78 is 10.5. The van der Waals surface area contributed by atoms with Gasteiger partial charge in [0.15, 0.2) is 5.96 Å². The number of ether oxygens (including phenoxy) is 2. The number of aliphatic hydroxyl groups excluding tert-OH is 1. The molecule has 2 rings (SSSR count). The van der Waals surface area contributed by atoms with Crippen LogP contribution in [-0.4, -0.2) is 50.6 Å². The molecule has 0 amide bonds. The molecule has 1 aromatic rings. The fourth-order valence-corrected chi connectivity index (χ4v) is 2.45. The Hall–Kier alpha value is -1.06. The zero-order valence-electron chi connectivity index (χ0n) is 15.7. The highest BCUT2D eigenvalue weighted by Gasteiger charge is 2.29. The molecule has 3 N–H and O–H groups in total. The Balaban J connectivity index is 0.00000338. The van der Waals surface area contributed by atoms with Crippen LogP contribution in [-0.2, 0) is 11.3 Å². The molecule has 1 fully saturated rings. The van der Waals surface area contributed by atoms with Crippen LogP contribution in [0.5, 0.6) is 5.75 Å². The van der Waals surface area contributed by atoms with E-state index in [4.69, 9.17) is 9.47 Å². The summed E-state index contributed by atoms with van der Waals surface area (Å²) in [5.41, 5.74) is 1.11. The molecule has 1 unspecified atom stereocenters. The van der Waals surface area contributed by atoms with Crippen molar-refractivity contribution in [1.82, 2.24) is 10.6 Å². The summed E-state index contributed by atoms with van der Waals surface area (Å²) in [5.74, 6) is 2.02. The summed E-state index contributed by atoms with van der Waals surface area (Å²) in [5, 5.41) is 16.6. The first-order valence-corrected chi connectivity index (χ1v) is 9.13. The van der Waals surface area contributed by atoms with E-state index in [-0.39, 0.29) is 30.1 Å². The van der Waals surface area contributed by atoms with E-state index in [1.54, 1.807) is 7.11 Å². The van der Waals surface area contributed by atoms with Crippen molar-refractivity contribution in [1.29, 1.82) is 0 Å². The summed E-state index contributed by atoms with van der Waals surface area (Å²) in [6.07, 6.45) is 2.88. The standard InChI is InChI=1S/C19H31N3O3.HI/c1-3-25-12-4-11-20-19(22-14-18(23)16-7-8-16)21-13-15-5-9-17(24-2)10-6-15;/h5-6,9-10,16,18,23H,3-4,7-8,11-14H2,1-2H3,(H2,20,21,22);1H. The minimum Gasteiger partial charge on any atom is -0.497 e. The zero-order chi connectivity index (χ0) is 17.9. The number of benzene rings is 1. The SMILES string of the molecule is CCOCCCNC(=NCc1ccc(OC)cc1)NCC(O)C1CC1.I. The highest BCUT2D eigenvalue weighted by atomic mass is 127. The van der Waals surface area contributed by atoms with Crippen molar-refractivity contribution in [3.05, 3.63) is 29.8 Å². The summed E-state index contributed by atoms with van der Waals surface area (Å²) in [6, 6.07) is 7.89. The van der Waals surface area contributed by atoms with Gasteiger partial charge in [-0.15, -0.1) is 24.0 Å². The fraction of sp³-hybridized carbons (Fsp3) is 0.632. The van der Waals surface area contributed by atoms with E-state index in [2.05, 4.69) is 15.6 Å². The van der Waals surface area contributed by atoms with Crippen LogP contribution in [0.1, 0.15) is 31.7 Å². The van der Waals surface area contributed by atoms with Gasteiger partial charge in [0.2, 0.25) is 0 Å². The number of hydrogen-bond donors (Lipinski definition) is 3. The molecule has 0 spiro atoms. The average Bonchev–Trinajstić information content (AvgIpc) is 3.48. The molecule has 1 aromatic carbocycles. The van der Waals surface area contributed by atoms with Crippen molar-refractivity contribution < 1.29 is 14.6 Å². The monoisotopic (exact) mass is 477 g/mol. The zero-order valence-corrected chi connectivity index (χ0v) is 18.1. The van der Waals surface area contributed by atoms with Gasteiger partial charge in [0.05, 0.1) is 19.8 Å². The number of halogens is 1. The highest BCUT2D eigenvalue weighted by Crippen LogP contribution is 2.32. The molecule has 0 bridgehead atoms. The van der Waals surface area contributed by atoms with Gasteiger partial charge in [0.1, 0.15) is 5.75 Å². The largest absolute Gasteiger partial charge is 0.497 e. The Morgan fingerprint density at radius 2 is 2.00 bits per heavy atom. The summed E-state index contributed by atoms with van der Waals surface area (Å²) in [7, 11) is 1.66. The second-order valence-electron chi connectivity index (χ2n) is 6.28. The molecule has 0 radical (unpaired) electrons. The number of methoxy groups -OCH3 is 1. The fourth-order valence-electron chi connectivity index (χ4n) is 2.45. The van der Waals surface area contributed by atoms with Crippen molar-refractivity contribution in [2.24, 2.45) is 10.9 Å². The smallest absolute Gasteiger partial charge is 0.191 e. The van der Waals surface area contributed by atoms with Crippen LogP contribution in [0.15, 0.2) is 29.3 Å². The van der Waals surface area contributed by atoms with E-state index in [9.17, 15) is 5.11 Å². The first kappa shape index (κ1) is 23.0. The minimum atomic E-state index is -0.295. The van der Waals surface area contributed by atoms with Crippen molar-refractivity contribution in [2.45, 2.75) is 38.8 Å². The van der Waals surface area contributed by atoms with Gasteiger partial charge in [0, 0.05) is 26.3 Å². The molecule has 1 aliphatic rings. The molecule has 0 aliphatic heterocycles. The Kier molecular flexibility index (Phi) is 11.6. The molecule has 0 aromatic heterocycles. The first-order valence-electron chi connectivity index (χ1n) is 9.13. The maximum Gasteiger partial charge on any atom is 0.191 e. The summed E-state index contributed by atoms with van der Waals surface area (Å²) >= 11 is 0. The molecule has 148 valence electrons. The van der Waals surface area contributed by atoms with Gasteiger partial charge in [-0.1, -0.05) is 12.1 Å². The topological polar surface area (TPSA) is 75.1 Å². The van der Waals surface area contributed by atoms with Crippen LogP contribution in [0, 0.1) is 5.92 Å². The Labute approximate surface area is 173 Å². The lowest BCUT2D eigenvalue weighted by Gasteiger charge is -2.15. The average molecular weight is 477 g/mol. The number of nitrogens with zero attached hydrogens (tertiary/aromatic N) is 1. The molecule has 1 aliphatic carbocycles. The van der Waals surface area contributed by atoms with Gasteiger partial charge in [-0.2, -0.15) is 0 Å². The number of guanidine groups is 1. The number of rotatable bonds is 11. The Morgan fingerprint density at radius 3 is 2.62 bits per heavy atom. The van der Waals surface area contributed by atoms with Gasteiger partial charge < -0.3 is 25.2 Å². The lowest BCUT2D eigenvalue weighted by Crippen LogP contribution is -2.42. The van der Waals surface area contributed by atoms with E-state index in [1.165, 1.54) is 0 Å². The molecule has 7 heteroatoms. The molecular weight excluding hydrogens is 445 g/mol. The van der Waals surface area contributed by atoms with Gasteiger partial charge in [-0.25, -0.2) is 4.99 Å². The summed E-state index contributed by atoms with van der Waals surface area (Å²) in [6.45, 7) is 5.36. The van der Waals surface area contributed by atoms with Gasteiger partial charge in [-0.05, 0) is 49.8 Å². The van der Waals surface area contributed by atoms with Gasteiger partial charge in [-0.3, -0.25) is 0 Å². The second kappa shape index (κ2) is 13.2. The predicted molar refractivity (Wildman–Crippen MR) is 115 cm³/mol. The summed E-state index contributed by atoms with van der Waals surface area (Å²) in [4.78, 5) is 4.62. The highest BCUT2D eigenvalue weighted by molar-refractivity contribution is 14.0. The normalized spacial score (nSPS) is 15.1. The number of aliphatic imine (C=N–C) groups is 1. The van der Waals surface area contributed by atoms with E-state index in [0.717, 1.165) is 56.3 Å². The van der Waals surface area contributed by atoms with Crippen LogP contribution >= 0.6 is 24.0 Å². The maximum absolute atomic E-state index is 10.0. The first-order chi connectivity index (χ1) is 12.2. The van der Waals surface area contributed by atoms with Crippen LogP contribution in [0.25, 0.3) is 0 Å². The molecule has 6 nitrogen and oxygen atoms in total. The van der Waals surface area contributed by atoms with Crippen molar-refractivity contribution in [3.8, 4) is 5.75 Å². The van der Waals surface area contributed by atoms with E-state index in [0.29, 0.717) is 19.0 Å². The Morgan fingerprint density at radius 1 is 1.27 bits per heavy atom. The predicted octanol–water partition coefficient (Wildman–Crippen LogP) is 2.55. The second-order valence-corrected chi connectivity index (χ2v) is 6.28. The third kappa shape index (κ3) is 9.05. The van der Waals surface area contributed by atoms with Crippen LogP contribution in [0.3, 0.4) is 0 Å². The van der Waals surface area contributed by atoms with Crippen molar-refractivity contribution in [3.63, 3.8) is 0 Å². The lowest BCUT2D eigenvalue weighted by atomic mass is 10.2. The molecule has 26 heavy (non-hydrogen) atoms. The molecule has 0 heterocycles. The molecule has 1 saturated carbocycles. The van der Waals surface area contributed by atoms with Crippen LogP contribution in [0.2, 0.25) is 0 Å². The van der Waals surface area contributed by atoms with Crippen LogP contribution in [0.4, 0.5) is 0 Å². The molecule has 0 saturated heterocycles. The minimum absolute atomic E-state index is 0.